The molecule has 0 aliphatic carbocycles. The number of carbonyl (C=O) groups excluding carboxylic acids is 1. The number of aromatic nitrogens is 1. The van der Waals surface area contributed by atoms with E-state index >= 15 is 0 Å². The van der Waals surface area contributed by atoms with Crippen molar-refractivity contribution in [2.75, 3.05) is 10.0 Å². The van der Waals surface area contributed by atoms with Gasteiger partial charge in [0.25, 0.3) is 10.0 Å². The van der Waals surface area contributed by atoms with Crippen LogP contribution in [0.4, 0.5) is 10.8 Å². The molecule has 0 unspecified atom stereocenters. The molecule has 132 valence electrons. The Balaban J connectivity index is 1.58. The Morgan fingerprint density at radius 3 is 2.69 bits per heavy atom. The number of hydrogen-bond acceptors (Lipinski definition) is 5. The minimum atomic E-state index is -3.74. The molecule has 4 rings (SSSR count). The van der Waals surface area contributed by atoms with Crippen LogP contribution in [0.1, 0.15) is 12.0 Å². The average Bonchev–Trinajstić information content (AvgIpc) is 3.09. The van der Waals surface area contributed by atoms with Crippen molar-refractivity contribution < 1.29 is 13.2 Å². The normalized spacial score (nSPS) is 13.8. The fourth-order valence-electron chi connectivity index (χ4n) is 2.76. The molecule has 0 saturated carbocycles. The molecular weight excluding hydrogens is 370 g/mol. The number of rotatable bonds is 4. The van der Waals surface area contributed by atoms with Crippen LogP contribution in [0.2, 0.25) is 0 Å². The fourth-order valence-corrected chi connectivity index (χ4v) is 4.79. The van der Waals surface area contributed by atoms with E-state index in [0.29, 0.717) is 23.7 Å². The Labute approximate surface area is 155 Å². The van der Waals surface area contributed by atoms with E-state index in [4.69, 9.17) is 0 Å². The minimum absolute atomic E-state index is 0.0533. The highest BCUT2D eigenvalue weighted by Crippen LogP contribution is 2.29. The smallest absolute Gasteiger partial charge is 0.263 e. The second-order valence-corrected chi connectivity index (χ2v) is 8.42. The van der Waals surface area contributed by atoms with Crippen LogP contribution in [-0.2, 0) is 21.2 Å². The lowest BCUT2D eigenvalue weighted by atomic mass is 10.0. The minimum Gasteiger partial charge on any atom is -0.326 e. The van der Waals surface area contributed by atoms with Crippen molar-refractivity contribution in [3.05, 3.63) is 59.5 Å². The van der Waals surface area contributed by atoms with E-state index < -0.39 is 10.0 Å². The summed E-state index contributed by atoms with van der Waals surface area (Å²) in [6.45, 7) is 0. The van der Waals surface area contributed by atoms with Gasteiger partial charge in [-0.05, 0) is 30.2 Å². The molecule has 1 amide bonds. The predicted molar refractivity (Wildman–Crippen MR) is 102 cm³/mol. The van der Waals surface area contributed by atoms with Gasteiger partial charge in [-0.15, -0.1) is 11.3 Å². The van der Waals surface area contributed by atoms with Crippen molar-refractivity contribution in [1.29, 1.82) is 0 Å². The monoisotopic (exact) mass is 385 g/mol. The summed E-state index contributed by atoms with van der Waals surface area (Å²) < 4.78 is 27.9. The topological polar surface area (TPSA) is 88.2 Å². The average molecular weight is 385 g/mol. The van der Waals surface area contributed by atoms with Crippen LogP contribution in [0, 0.1) is 0 Å². The fraction of sp³-hybridized carbons (Fsp3) is 0.111. The van der Waals surface area contributed by atoms with E-state index in [9.17, 15) is 13.2 Å². The molecule has 1 aliphatic heterocycles. The maximum atomic E-state index is 12.7. The molecule has 8 heteroatoms. The third-order valence-corrected chi connectivity index (χ3v) is 6.30. The van der Waals surface area contributed by atoms with Crippen molar-refractivity contribution in [1.82, 2.24) is 4.98 Å². The summed E-state index contributed by atoms with van der Waals surface area (Å²) in [5, 5.41) is 4.88. The molecule has 6 nitrogen and oxygen atoms in total. The third kappa shape index (κ3) is 3.33. The van der Waals surface area contributed by atoms with Crippen LogP contribution in [0.25, 0.3) is 11.3 Å². The Hall–Kier alpha value is -2.71. The van der Waals surface area contributed by atoms with Gasteiger partial charge >= 0.3 is 0 Å². The summed E-state index contributed by atoms with van der Waals surface area (Å²) >= 11 is 1.24. The van der Waals surface area contributed by atoms with Crippen LogP contribution in [0.5, 0.6) is 0 Å². The molecule has 1 aromatic heterocycles. The first-order valence-electron chi connectivity index (χ1n) is 7.98. The van der Waals surface area contributed by atoms with Gasteiger partial charge in [0.05, 0.1) is 10.6 Å². The van der Waals surface area contributed by atoms with Gasteiger partial charge in [0.1, 0.15) is 0 Å². The number of hydrogen-bond donors (Lipinski definition) is 2. The van der Waals surface area contributed by atoms with Gasteiger partial charge in [0.2, 0.25) is 5.91 Å². The van der Waals surface area contributed by atoms with E-state index in [1.54, 1.807) is 12.1 Å². The molecule has 2 heterocycles. The number of fused-ring (bicyclic) bond motifs is 1. The molecule has 1 aliphatic rings. The van der Waals surface area contributed by atoms with Crippen molar-refractivity contribution in [3.63, 3.8) is 0 Å². The van der Waals surface area contributed by atoms with Crippen LogP contribution >= 0.6 is 11.3 Å². The number of anilines is 2. The second kappa shape index (κ2) is 6.54. The highest BCUT2D eigenvalue weighted by molar-refractivity contribution is 7.93. The number of aryl methyl sites for hydroxylation is 1. The molecule has 2 N–H and O–H groups in total. The van der Waals surface area contributed by atoms with Crippen molar-refractivity contribution in [2.45, 2.75) is 17.7 Å². The van der Waals surface area contributed by atoms with E-state index in [2.05, 4.69) is 15.0 Å². The van der Waals surface area contributed by atoms with E-state index in [0.717, 1.165) is 16.8 Å². The zero-order valence-electron chi connectivity index (χ0n) is 13.6. The predicted octanol–water partition coefficient (Wildman–Crippen LogP) is 3.50. The number of nitrogens with one attached hydrogen (secondary N) is 2. The Kier molecular flexibility index (Phi) is 4.21. The molecule has 0 spiro atoms. The largest absolute Gasteiger partial charge is 0.326 e. The highest BCUT2D eigenvalue weighted by atomic mass is 32.2. The van der Waals surface area contributed by atoms with E-state index in [-0.39, 0.29) is 10.8 Å². The van der Waals surface area contributed by atoms with Gasteiger partial charge in [-0.2, -0.15) is 0 Å². The molecule has 0 fully saturated rings. The van der Waals surface area contributed by atoms with Gasteiger partial charge < -0.3 is 5.32 Å². The molecule has 0 saturated heterocycles. The lowest BCUT2D eigenvalue weighted by Crippen LogP contribution is -2.20. The Morgan fingerprint density at radius 2 is 1.88 bits per heavy atom. The van der Waals surface area contributed by atoms with Gasteiger partial charge in [0, 0.05) is 23.1 Å². The lowest BCUT2D eigenvalue weighted by Gasteiger charge is -2.17. The number of nitrogens with zero attached hydrogens (tertiary/aromatic N) is 1. The van der Waals surface area contributed by atoms with Gasteiger partial charge in [0.15, 0.2) is 5.13 Å². The molecule has 3 aromatic rings. The highest BCUT2D eigenvalue weighted by Gasteiger charge is 2.21. The first kappa shape index (κ1) is 16.7. The maximum Gasteiger partial charge on any atom is 0.263 e. The van der Waals surface area contributed by atoms with Crippen LogP contribution in [0.15, 0.2) is 58.8 Å². The number of amides is 1. The van der Waals surface area contributed by atoms with Crippen molar-refractivity contribution >= 4 is 38.1 Å². The maximum absolute atomic E-state index is 12.7. The van der Waals surface area contributed by atoms with Gasteiger partial charge in [-0.1, -0.05) is 30.3 Å². The molecule has 2 aromatic carbocycles. The number of carbonyl (C=O) groups is 1. The number of benzene rings is 2. The summed E-state index contributed by atoms with van der Waals surface area (Å²) in [6.07, 6.45) is 0.886. The summed E-state index contributed by atoms with van der Waals surface area (Å²) in [7, 11) is -3.74. The van der Waals surface area contributed by atoms with Gasteiger partial charge in [-0.25, -0.2) is 13.4 Å². The summed E-state index contributed by atoms with van der Waals surface area (Å²) in [5.74, 6) is -0.0533. The van der Waals surface area contributed by atoms with Crippen LogP contribution in [0.3, 0.4) is 0 Å². The molecular formula is C18H15N3O3S2. The standard InChI is InChI=1S/C18H15N3O3S2/c22-17-9-6-13-10-14(7-8-15(13)19-17)26(23,24)21-18-20-16(11-25-18)12-4-2-1-3-5-12/h1-5,7-8,10-11H,6,9H2,(H,19,22)(H,20,21). The van der Waals surface area contributed by atoms with Crippen molar-refractivity contribution in [2.24, 2.45) is 0 Å². The Morgan fingerprint density at radius 1 is 1.08 bits per heavy atom. The van der Waals surface area contributed by atoms with Gasteiger partial charge in [-0.3, -0.25) is 9.52 Å². The molecule has 26 heavy (non-hydrogen) atoms. The quantitative estimate of drug-likeness (QED) is 0.719. The summed E-state index contributed by atoms with van der Waals surface area (Å²) in [6, 6.07) is 14.3. The molecule has 0 bridgehead atoms. The zero-order chi connectivity index (χ0) is 18.1. The van der Waals surface area contributed by atoms with Crippen LogP contribution < -0.4 is 10.0 Å². The molecule has 0 radical (unpaired) electrons. The number of sulfonamides is 1. The van der Waals surface area contributed by atoms with Crippen molar-refractivity contribution in [3.8, 4) is 11.3 Å². The molecule has 0 atom stereocenters. The lowest BCUT2D eigenvalue weighted by molar-refractivity contribution is -0.116. The number of thiazole rings is 1. The Bertz CT molecular complexity index is 1080. The van der Waals surface area contributed by atoms with E-state index in [1.807, 2.05) is 35.7 Å². The first-order valence-corrected chi connectivity index (χ1v) is 10.3. The summed E-state index contributed by atoms with van der Waals surface area (Å²) in [4.78, 5) is 15.9. The van der Waals surface area contributed by atoms with E-state index in [1.165, 1.54) is 17.4 Å². The first-order chi connectivity index (χ1) is 12.5. The van der Waals surface area contributed by atoms with Crippen LogP contribution in [-0.4, -0.2) is 19.3 Å². The zero-order valence-corrected chi connectivity index (χ0v) is 15.2. The third-order valence-electron chi connectivity index (χ3n) is 4.08. The summed E-state index contributed by atoms with van der Waals surface area (Å²) in [5.41, 5.74) is 3.14. The second-order valence-electron chi connectivity index (χ2n) is 5.88. The SMILES string of the molecule is O=C1CCc2cc(S(=O)(=O)Nc3nc(-c4ccccc4)cs3)ccc2N1.